The van der Waals surface area contributed by atoms with Crippen molar-refractivity contribution < 1.29 is 55.0 Å². The number of phenolic OH excluding ortho intramolecular Hbond substituents is 1. The van der Waals surface area contributed by atoms with E-state index < -0.39 is 58.2 Å². The number of aromatic hydroxyl groups is 1. The number of carbonyl (C=O) groups is 3. The van der Waals surface area contributed by atoms with E-state index >= 15 is 8.78 Å². The molecule has 3 fully saturated rings. The number of hydrogen-bond donors (Lipinski definition) is 1. The lowest BCUT2D eigenvalue weighted by atomic mass is 10.0. The van der Waals surface area contributed by atoms with Crippen LogP contribution >= 0.6 is 46.4 Å². The average Bonchev–Trinajstić information content (AvgIpc) is 0.739. The molecule has 0 radical (unpaired) electrons. The highest BCUT2D eigenvalue weighted by atomic mass is 35.5. The Labute approximate surface area is 769 Å². The third-order valence-electron chi connectivity index (χ3n) is 23.2. The second-order valence-electron chi connectivity index (χ2n) is 33.5. The van der Waals surface area contributed by atoms with Gasteiger partial charge in [0.05, 0.1) is 82.5 Å². The minimum Gasteiger partial charge on any atom is -0.507 e. The number of rotatable bonds is 16. The molecule has 0 aliphatic carbocycles. The van der Waals surface area contributed by atoms with E-state index in [1.54, 1.807) is 64.5 Å². The van der Waals surface area contributed by atoms with Gasteiger partial charge in [0, 0.05) is 122 Å². The van der Waals surface area contributed by atoms with Gasteiger partial charge in [-0.05, 0) is 194 Å². The summed E-state index contributed by atoms with van der Waals surface area (Å²) in [7, 11) is 0. The quantitative estimate of drug-likeness (QED) is 0.0695. The Bertz CT molecular complexity index is 6820. The van der Waals surface area contributed by atoms with E-state index in [4.69, 9.17) is 56.4 Å². The average molecular weight is 1880 g/mol. The molecule has 3 amide bonds. The fraction of sp³-hybridized carbons (Fsp3) is 0.330. The summed E-state index contributed by atoms with van der Waals surface area (Å²) in [6, 6.07) is 16.7. The van der Waals surface area contributed by atoms with Gasteiger partial charge in [0.25, 0.3) is 0 Å². The maximum Gasteiger partial charge on any atom is 0.573 e. The van der Waals surface area contributed by atoms with E-state index in [1.165, 1.54) is 56.2 Å². The molecule has 26 nitrogen and oxygen atoms in total. The van der Waals surface area contributed by atoms with E-state index in [2.05, 4.69) is 59.4 Å². The Kier molecular flexibility index (Phi) is 28.1. The first-order valence-corrected chi connectivity index (χ1v) is 43.4. The molecule has 0 bridgehead atoms. The number of phenols is 1. The predicted molar refractivity (Wildman–Crippen MR) is 494 cm³/mol. The van der Waals surface area contributed by atoms with E-state index in [0.717, 1.165) is 35.4 Å². The summed E-state index contributed by atoms with van der Waals surface area (Å²) in [5.74, 6) is -4.99. The van der Waals surface area contributed by atoms with E-state index in [1.807, 2.05) is 118 Å². The van der Waals surface area contributed by atoms with Crippen LogP contribution in [-0.2, 0) is 14.4 Å². The highest BCUT2D eigenvalue weighted by Gasteiger charge is 2.40. The number of piperazine rings is 3. The van der Waals surface area contributed by atoms with Crippen LogP contribution in [0.3, 0.4) is 0 Å². The van der Waals surface area contributed by atoms with E-state index in [-0.39, 0.29) is 143 Å². The summed E-state index contributed by atoms with van der Waals surface area (Å²) in [6.07, 6.45) is 3.78. The minimum absolute atomic E-state index is 0.0185. The van der Waals surface area contributed by atoms with Gasteiger partial charge in [0.15, 0.2) is 28.6 Å². The smallest absolute Gasteiger partial charge is 0.507 e. The Morgan fingerprint density at radius 2 is 0.740 bits per heavy atom. The summed E-state index contributed by atoms with van der Waals surface area (Å²) in [6.45, 7) is 41.6. The van der Waals surface area contributed by atoms with Crippen LogP contribution in [-0.4, -0.2) is 178 Å². The molecule has 12 heterocycles. The first-order valence-electron chi connectivity index (χ1n) is 41.9. The van der Waals surface area contributed by atoms with Gasteiger partial charge in [-0.3, -0.25) is 29.3 Å². The van der Waals surface area contributed by atoms with Crippen LogP contribution in [0.25, 0.3) is 83.9 Å². The number of pyridine rings is 6. The van der Waals surface area contributed by atoms with Gasteiger partial charge in [-0.2, -0.15) is 15.0 Å². The van der Waals surface area contributed by atoms with Crippen LogP contribution < -0.4 is 36.5 Å². The van der Waals surface area contributed by atoms with Crippen LogP contribution in [0.4, 0.5) is 48.2 Å². The summed E-state index contributed by atoms with van der Waals surface area (Å²) >= 11 is 26.4. The van der Waals surface area contributed by atoms with Crippen LogP contribution in [0.2, 0.25) is 20.1 Å². The maximum atomic E-state index is 15.2. The summed E-state index contributed by atoms with van der Waals surface area (Å²) in [4.78, 5) is 132. The first-order chi connectivity index (χ1) is 61.9. The number of benzene rings is 3. The number of alkyl halides is 3. The lowest BCUT2D eigenvalue weighted by Crippen LogP contribution is -2.58. The molecular formula is C94H93Cl4F7N18O8. The number of amides is 3. The molecule has 3 saturated heterocycles. The standard InChI is InChI=1S/C32H31ClF4N6O3.C31H31Cl2FN6O2.C31H31ClF2N6O3/c1-7-25(44)41-14-19(6)42(15-18(41)5)29-22-13-23(33)27(21-12-20(8-9-24(21)34)46-32(35,36)37)39-30(22)43(31(45)40-29)28-17(4)10-11-38-26(28)16(2)3;1-7-25(41)38-14-19(6)39(15-18(38)5)29-22-13-23(33)27(21-12-20(32)8-9-24(21)34)36-30(22)40(31(42)37-29)28-17(4)10-11-35-26(28)16(2)3;1-7-25(42)38-13-18(6)39(14-17(38)5)29-20-10-21(32)27(19-11-22(33)23(34)12-24(19)41)36-30(20)40(31(43)37-29)28-16(4)8-9-35-26(28)15(2)3/h7-13,16,18-19H,1,14-15H2,2-6H3;7-13,16,18-19H,1,14-15H2,2-6H3;7-12,15,17-18,41H,1,13-14H2,2-6H3. The normalized spacial score (nSPS) is 17.2. The Hall–Kier alpha value is -12.7. The van der Waals surface area contributed by atoms with Gasteiger partial charge in [-0.15, -0.1) is 13.2 Å². The molecule has 3 aromatic carbocycles. The van der Waals surface area contributed by atoms with Crippen molar-refractivity contribution in [3.8, 4) is 62.3 Å². The SMILES string of the molecule is C=CC(=O)N1CC(C)N(c2nc(=O)n(-c3c(C)ccnc3C(C)C)c3nc(-c4cc(Cl)ccc4F)c(Cl)cc23)CC1C.C=CC(=O)N1CC(C)N(c2nc(=O)n(-c3c(C)ccnc3C(C)C)c3nc(-c4cc(F)c(F)cc4O)c(Cl)cc23)CC1C.C=CC(=O)N1CC(C)N(c2nc(=O)n(-c3c(C)ccnc3C(C)C)c3nc(-c4cc(OC(F)(F)F)ccc4F)c(Cl)cc23)CC1C. The molecule has 6 atom stereocenters. The number of hydrogen-bond acceptors (Lipinski definition) is 20. The fourth-order valence-corrected chi connectivity index (χ4v) is 17.8. The second-order valence-corrected chi connectivity index (χ2v) is 35.2. The topological polar surface area (TPSA) is 282 Å². The van der Waals surface area contributed by atoms with Crippen molar-refractivity contribution in [1.82, 2.24) is 73.3 Å². The molecule has 3 aliphatic rings. The second kappa shape index (κ2) is 38.4. The third-order valence-corrected chi connectivity index (χ3v) is 24.3. The highest BCUT2D eigenvalue weighted by molar-refractivity contribution is 6.35. The lowest BCUT2D eigenvalue weighted by molar-refractivity contribution is -0.274. The molecule has 15 rings (SSSR count). The molecule has 131 heavy (non-hydrogen) atoms. The number of ether oxygens (including phenoxy) is 1. The zero-order valence-corrected chi connectivity index (χ0v) is 77.1. The van der Waals surface area contributed by atoms with Crippen LogP contribution in [0.15, 0.2) is 156 Å². The number of halogens is 11. The minimum atomic E-state index is -5.02. The zero-order chi connectivity index (χ0) is 95.4. The zero-order valence-electron chi connectivity index (χ0n) is 74.1. The van der Waals surface area contributed by atoms with Crippen molar-refractivity contribution in [2.45, 2.75) is 164 Å². The Morgan fingerprint density at radius 1 is 0.427 bits per heavy atom. The molecule has 12 aromatic rings. The number of nitrogens with zero attached hydrogens (tertiary/aromatic N) is 18. The Balaban J connectivity index is 0.000000167. The highest BCUT2D eigenvalue weighted by Crippen LogP contribution is 2.44. The number of carbonyl (C=O) groups excluding carboxylic acids is 3. The molecule has 9 aromatic heterocycles. The lowest BCUT2D eigenvalue weighted by Gasteiger charge is -2.44. The molecule has 1 N–H and O–H groups in total. The van der Waals surface area contributed by atoms with Crippen molar-refractivity contribution in [2.75, 3.05) is 54.0 Å². The maximum absolute atomic E-state index is 15.2. The monoisotopic (exact) mass is 1870 g/mol. The van der Waals surface area contributed by atoms with Crippen LogP contribution in [0, 0.1) is 44.0 Å². The molecule has 0 spiro atoms. The van der Waals surface area contributed by atoms with Crippen molar-refractivity contribution in [3.63, 3.8) is 0 Å². The summed E-state index contributed by atoms with van der Waals surface area (Å²) < 4.78 is 106. The number of aromatic nitrogens is 12. The first kappa shape index (κ1) is 95.9. The van der Waals surface area contributed by atoms with Gasteiger partial charge in [0.1, 0.15) is 40.6 Å². The van der Waals surface area contributed by atoms with Gasteiger partial charge in [-0.1, -0.05) is 108 Å². The van der Waals surface area contributed by atoms with Crippen LogP contribution in [0.1, 0.15) is 135 Å². The predicted octanol–water partition coefficient (Wildman–Crippen LogP) is 18.4. The van der Waals surface area contributed by atoms with Crippen molar-refractivity contribution in [3.05, 3.63) is 250 Å². The van der Waals surface area contributed by atoms with Gasteiger partial charge >= 0.3 is 23.4 Å². The third kappa shape index (κ3) is 19.0. The molecule has 0 saturated carbocycles. The van der Waals surface area contributed by atoms with Crippen LogP contribution in [0.5, 0.6) is 11.5 Å². The van der Waals surface area contributed by atoms with E-state index in [9.17, 15) is 55.8 Å². The Morgan fingerprint density at radius 3 is 1.06 bits per heavy atom. The molecule has 3 aliphatic heterocycles. The fourth-order valence-electron chi connectivity index (χ4n) is 16.8. The molecule has 6 unspecified atom stereocenters. The van der Waals surface area contributed by atoms with Crippen molar-refractivity contribution in [1.29, 1.82) is 0 Å². The number of aryl methyl sites for hydroxylation is 3. The number of fused-ring (bicyclic) bond motifs is 3. The largest absolute Gasteiger partial charge is 0.573 e. The van der Waals surface area contributed by atoms with Gasteiger partial charge in [-0.25, -0.2) is 60.6 Å². The van der Waals surface area contributed by atoms with E-state index in [0.29, 0.717) is 118 Å². The molecule has 684 valence electrons. The summed E-state index contributed by atoms with van der Waals surface area (Å²) in [5.41, 5.74) is 3.61. The van der Waals surface area contributed by atoms with Crippen molar-refractivity contribution >= 4 is 115 Å². The summed E-state index contributed by atoms with van der Waals surface area (Å²) in [5, 5.41) is 12.2. The van der Waals surface area contributed by atoms with Crippen molar-refractivity contribution in [2.24, 2.45) is 0 Å². The number of anilines is 3. The van der Waals surface area contributed by atoms with Gasteiger partial charge < -0.3 is 39.2 Å². The molecular weight excluding hydrogens is 1780 g/mol. The van der Waals surface area contributed by atoms with Gasteiger partial charge in [0.2, 0.25) is 17.7 Å². The molecule has 37 heteroatoms.